The molecule has 1 fully saturated rings. The van der Waals surface area contributed by atoms with Gasteiger partial charge in [-0.15, -0.1) is 11.3 Å². The van der Waals surface area contributed by atoms with Crippen molar-refractivity contribution in [3.8, 4) is 0 Å². The number of nitrogens with one attached hydrogen (secondary N) is 1. The minimum absolute atomic E-state index is 0.00232. The van der Waals surface area contributed by atoms with Crippen molar-refractivity contribution < 1.29 is 4.79 Å². The first-order valence-corrected chi connectivity index (χ1v) is 10.4. The Kier molecular flexibility index (Phi) is 4.27. The fourth-order valence-corrected chi connectivity index (χ4v) is 4.89. The van der Waals surface area contributed by atoms with Crippen LogP contribution in [-0.4, -0.2) is 38.6 Å². The molecule has 0 bridgehead atoms. The predicted octanol–water partition coefficient (Wildman–Crippen LogP) is 2.21. The quantitative estimate of drug-likeness (QED) is 0.749. The van der Waals surface area contributed by atoms with Crippen molar-refractivity contribution in [3.05, 3.63) is 40.0 Å². The lowest BCUT2D eigenvalue weighted by atomic mass is 9.96. The van der Waals surface area contributed by atoms with Crippen molar-refractivity contribution in [1.82, 2.24) is 24.9 Å². The highest BCUT2D eigenvalue weighted by atomic mass is 32.1. The molecule has 4 heterocycles. The fourth-order valence-electron chi connectivity index (χ4n) is 4.24. The van der Waals surface area contributed by atoms with Gasteiger partial charge in [-0.05, 0) is 43.6 Å². The van der Waals surface area contributed by atoms with Gasteiger partial charge >= 0.3 is 0 Å². The SMILES string of the molecule is O=C(NCc1cccs1)[C@H]1CCCN(c2c3c(nc4ncnn24)CCC3)C1. The molecule has 1 amide bonds. The molecule has 5 rings (SSSR count). The maximum absolute atomic E-state index is 12.7. The van der Waals surface area contributed by atoms with E-state index in [0.717, 1.165) is 56.7 Å². The van der Waals surface area contributed by atoms with E-state index in [0.29, 0.717) is 12.3 Å². The van der Waals surface area contributed by atoms with Crippen LogP contribution < -0.4 is 10.2 Å². The summed E-state index contributed by atoms with van der Waals surface area (Å²) in [5.74, 6) is 1.91. The summed E-state index contributed by atoms with van der Waals surface area (Å²) < 4.78 is 1.86. The normalized spacial score (nSPS) is 19.4. The Balaban J connectivity index is 1.38. The smallest absolute Gasteiger partial charge is 0.254 e. The van der Waals surface area contributed by atoms with Crippen LogP contribution in [0.1, 0.15) is 35.4 Å². The zero-order valence-corrected chi connectivity index (χ0v) is 15.9. The van der Waals surface area contributed by atoms with E-state index in [1.165, 1.54) is 10.4 Å². The molecular weight excluding hydrogens is 360 g/mol. The van der Waals surface area contributed by atoms with Crippen LogP contribution in [0.25, 0.3) is 5.78 Å². The molecule has 0 unspecified atom stereocenters. The monoisotopic (exact) mass is 382 g/mol. The van der Waals surface area contributed by atoms with Crippen LogP contribution in [-0.2, 0) is 24.2 Å². The number of hydrogen-bond donors (Lipinski definition) is 1. The van der Waals surface area contributed by atoms with Crippen LogP contribution in [0.3, 0.4) is 0 Å². The summed E-state index contributed by atoms with van der Waals surface area (Å²) in [5, 5.41) is 9.56. The van der Waals surface area contributed by atoms with Gasteiger partial charge in [-0.2, -0.15) is 14.6 Å². The molecule has 3 aromatic rings. The predicted molar refractivity (Wildman–Crippen MR) is 104 cm³/mol. The van der Waals surface area contributed by atoms with Gasteiger partial charge in [0.2, 0.25) is 5.91 Å². The van der Waals surface area contributed by atoms with Gasteiger partial charge in [-0.1, -0.05) is 6.07 Å². The van der Waals surface area contributed by atoms with Crippen molar-refractivity contribution in [3.63, 3.8) is 0 Å². The van der Waals surface area contributed by atoms with Gasteiger partial charge in [-0.25, -0.2) is 4.98 Å². The van der Waals surface area contributed by atoms with Crippen molar-refractivity contribution in [1.29, 1.82) is 0 Å². The number of anilines is 1. The lowest BCUT2D eigenvalue weighted by molar-refractivity contribution is -0.125. The number of rotatable bonds is 4. The van der Waals surface area contributed by atoms with E-state index in [4.69, 9.17) is 0 Å². The van der Waals surface area contributed by atoms with E-state index >= 15 is 0 Å². The number of aromatic nitrogens is 4. The summed E-state index contributed by atoms with van der Waals surface area (Å²) in [4.78, 5) is 25.2. The third-order valence-corrected chi connectivity index (χ3v) is 6.41. The third-order valence-electron chi connectivity index (χ3n) is 5.53. The molecule has 0 aromatic carbocycles. The summed E-state index contributed by atoms with van der Waals surface area (Å²) in [7, 11) is 0. The second-order valence-electron chi connectivity index (χ2n) is 7.27. The minimum Gasteiger partial charge on any atom is -0.355 e. The van der Waals surface area contributed by atoms with E-state index in [1.54, 1.807) is 17.7 Å². The molecule has 1 atom stereocenters. The van der Waals surface area contributed by atoms with Gasteiger partial charge in [-0.3, -0.25) is 4.79 Å². The number of aryl methyl sites for hydroxylation is 1. The number of carbonyl (C=O) groups excluding carboxylic acids is 1. The average Bonchev–Trinajstić information content (AvgIpc) is 3.45. The van der Waals surface area contributed by atoms with E-state index in [-0.39, 0.29) is 11.8 Å². The lowest BCUT2D eigenvalue weighted by Crippen LogP contribution is -2.44. The first-order valence-electron chi connectivity index (χ1n) is 9.56. The van der Waals surface area contributed by atoms with Gasteiger partial charge < -0.3 is 10.2 Å². The maximum atomic E-state index is 12.7. The second kappa shape index (κ2) is 6.92. The Morgan fingerprint density at radius 3 is 3.19 bits per heavy atom. The van der Waals surface area contributed by atoms with Crippen molar-refractivity contribution in [2.75, 3.05) is 18.0 Å². The average molecular weight is 382 g/mol. The molecule has 27 heavy (non-hydrogen) atoms. The highest BCUT2D eigenvalue weighted by Crippen LogP contribution is 2.33. The highest BCUT2D eigenvalue weighted by Gasteiger charge is 2.31. The highest BCUT2D eigenvalue weighted by molar-refractivity contribution is 7.09. The van der Waals surface area contributed by atoms with Crippen molar-refractivity contribution >= 4 is 28.8 Å². The molecule has 1 N–H and O–H groups in total. The van der Waals surface area contributed by atoms with Gasteiger partial charge in [0, 0.05) is 23.5 Å². The number of fused-ring (bicyclic) bond motifs is 2. The van der Waals surface area contributed by atoms with Crippen LogP contribution in [0.2, 0.25) is 0 Å². The number of piperidine rings is 1. The Morgan fingerprint density at radius 1 is 1.33 bits per heavy atom. The molecule has 3 aromatic heterocycles. The number of hydrogen-bond acceptors (Lipinski definition) is 6. The topological polar surface area (TPSA) is 75.4 Å². The zero-order chi connectivity index (χ0) is 18.2. The maximum Gasteiger partial charge on any atom is 0.254 e. The molecule has 8 heteroatoms. The Morgan fingerprint density at radius 2 is 2.30 bits per heavy atom. The van der Waals surface area contributed by atoms with Crippen LogP contribution in [0.4, 0.5) is 5.82 Å². The van der Waals surface area contributed by atoms with Crippen LogP contribution in [0, 0.1) is 5.92 Å². The number of amides is 1. The molecule has 2 aliphatic rings. The van der Waals surface area contributed by atoms with Gasteiger partial charge in [0.05, 0.1) is 18.2 Å². The van der Waals surface area contributed by atoms with Gasteiger partial charge in [0.1, 0.15) is 12.1 Å². The van der Waals surface area contributed by atoms with Crippen LogP contribution in [0.5, 0.6) is 0 Å². The van der Waals surface area contributed by atoms with E-state index in [1.807, 2.05) is 16.0 Å². The van der Waals surface area contributed by atoms with Gasteiger partial charge in [0.15, 0.2) is 0 Å². The number of thiophene rings is 1. The largest absolute Gasteiger partial charge is 0.355 e. The molecule has 140 valence electrons. The Hall–Kier alpha value is -2.48. The lowest BCUT2D eigenvalue weighted by Gasteiger charge is -2.34. The van der Waals surface area contributed by atoms with Crippen molar-refractivity contribution in [2.45, 2.75) is 38.6 Å². The fraction of sp³-hybridized carbons (Fsp3) is 0.474. The van der Waals surface area contributed by atoms with E-state index in [2.05, 4.69) is 31.3 Å². The van der Waals surface area contributed by atoms with Crippen LogP contribution in [0.15, 0.2) is 23.8 Å². The summed E-state index contributed by atoms with van der Waals surface area (Å²) in [6.07, 6.45) is 6.66. The summed E-state index contributed by atoms with van der Waals surface area (Å²) in [6, 6.07) is 4.07. The molecule has 7 nitrogen and oxygen atoms in total. The second-order valence-corrected chi connectivity index (χ2v) is 8.30. The molecule has 1 aliphatic heterocycles. The first kappa shape index (κ1) is 16.7. The summed E-state index contributed by atoms with van der Waals surface area (Å²) >= 11 is 1.67. The van der Waals surface area contributed by atoms with Crippen LogP contribution >= 0.6 is 11.3 Å². The van der Waals surface area contributed by atoms with Crippen molar-refractivity contribution in [2.24, 2.45) is 5.92 Å². The molecule has 1 aliphatic carbocycles. The molecule has 0 spiro atoms. The van der Waals surface area contributed by atoms with E-state index in [9.17, 15) is 4.79 Å². The summed E-state index contributed by atoms with van der Waals surface area (Å²) in [5.41, 5.74) is 2.43. The standard InChI is InChI=1S/C19H22N6OS/c26-17(20-10-14-5-3-9-27-14)13-4-2-8-24(11-13)18-15-6-1-7-16(15)23-19-21-12-22-25(18)19/h3,5,9,12-13H,1-2,4,6-8,10-11H2,(H,20,26)/t13-/m0/s1. The Bertz CT molecular complexity index is 966. The zero-order valence-electron chi connectivity index (χ0n) is 15.1. The molecule has 0 radical (unpaired) electrons. The summed E-state index contributed by atoms with van der Waals surface area (Å²) in [6.45, 7) is 2.28. The third kappa shape index (κ3) is 3.07. The van der Waals surface area contributed by atoms with E-state index < -0.39 is 0 Å². The molecule has 1 saturated heterocycles. The molecule has 0 saturated carbocycles. The number of carbonyl (C=O) groups is 1. The molecular formula is C19H22N6OS. The first-order chi connectivity index (χ1) is 13.3. The minimum atomic E-state index is 0.00232. The van der Waals surface area contributed by atoms with Gasteiger partial charge in [0.25, 0.3) is 5.78 Å². The number of nitrogens with zero attached hydrogens (tertiary/aromatic N) is 5. The Labute approximate surface area is 161 Å².